The topological polar surface area (TPSA) is 67.2 Å². The fourth-order valence-corrected chi connectivity index (χ4v) is 1.42. The van der Waals surface area contributed by atoms with Crippen molar-refractivity contribution in [2.24, 2.45) is 7.05 Å². The van der Waals surface area contributed by atoms with Crippen LogP contribution in [0.25, 0.3) is 6.08 Å². The van der Waals surface area contributed by atoms with E-state index in [0.717, 1.165) is 5.69 Å². The molecule has 0 spiro atoms. The van der Waals surface area contributed by atoms with E-state index in [4.69, 9.17) is 5.11 Å². The van der Waals surface area contributed by atoms with Crippen molar-refractivity contribution in [3.8, 4) is 0 Å². The first-order chi connectivity index (χ1) is 7.07. The van der Waals surface area contributed by atoms with Crippen molar-refractivity contribution < 1.29 is 9.90 Å². The lowest BCUT2D eigenvalue weighted by molar-refractivity contribution is 0.0685. The molecule has 82 valence electrons. The zero-order valence-corrected chi connectivity index (χ0v) is 9.11. The minimum absolute atomic E-state index is 0.222. The number of aromatic carboxylic acids is 1. The van der Waals surface area contributed by atoms with Crippen molar-refractivity contribution in [2.75, 3.05) is 13.6 Å². The summed E-state index contributed by atoms with van der Waals surface area (Å²) >= 11 is 0. The highest BCUT2D eigenvalue weighted by Crippen LogP contribution is 2.14. The van der Waals surface area contributed by atoms with E-state index in [1.54, 1.807) is 20.0 Å². The molecule has 1 aromatic rings. The number of nitrogens with zero attached hydrogens (tertiary/aromatic N) is 2. The van der Waals surface area contributed by atoms with Gasteiger partial charge in [0.05, 0.1) is 5.69 Å². The van der Waals surface area contributed by atoms with Gasteiger partial charge < -0.3 is 10.4 Å². The lowest BCUT2D eigenvalue weighted by atomic mass is 10.1. The van der Waals surface area contributed by atoms with Crippen LogP contribution in [-0.2, 0) is 7.05 Å². The van der Waals surface area contributed by atoms with Gasteiger partial charge in [-0.2, -0.15) is 5.10 Å². The molecule has 5 nitrogen and oxygen atoms in total. The monoisotopic (exact) mass is 209 g/mol. The molecule has 0 aliphatic heterocycles. The number of carboxylic acid groups (broad SMARTS) is 1. The highest BCUT2D eigenvalue weighted by atomic mass is 16.4. The lowest BCUT2D eigenvalue weighted by Gasteiger charge is -1.96. The molecule has 0 unspecified atom stereocenters. The Morgan fingerprint density at radius 1 is 1.67 bits per heavy atom. The fraction of sp³-hybridized carbons (Fsp3) is 0.400. The van der Waals surface area contributed by atoms with Crippen LogP contribution < -0.4 is 5.32 Å². The molecule has 0 amide bonds. The van der Waals surface area contributed by atoms with Crippen molar-refractivity contribution in [1.29, 1.82) is 0 Å². The molecule has 1 aromatic heterocycles. The van der Waals surface area contributed by atoms with Gasteiger partial charge in [-0.3, -0.25) is 4.68 Å². The number of hydrogen-bond donors (Lipinski definition) is 2. The second-order valence-electron chi connectivity index (χ2n) is 3.24. The average molecular weight is 209 g/mol. The van der Waals surface area contributed by atoms with Gasteiger partial charge in [0.1, 0.15) is 0 Å². The molecular weight excluding hydrogens is 194 g/mol. The van der Waals surface area contributed by atoms with Gasteiger partial charge in [0.25, 0.3) is 0 Å². The van der Waals surface area contributed by atoms with Crippen LogP contribution in [0.3, 0.4) is 0 Å². The normalized spacial score (nSPS) is 11.1. The average Bonchev–Trinajstić information content (AvgIpc) is 2.42. The number of carboxylic acids is 1. The lowest BCUT2D eigenvalue weighted by Crippen LogP contribution is -2.07. The molecular formula is C10H15N3O2. The van der Waals surface area contributed by atoms with Gasteiger partial charge in [-0.25, -0.2) is 4.79 Å². The van der Waals surface area contributed by atoms with Crippen LogP contribution in [-0.4, -0.2) is 34.4 Å². The molecule has 0 bridgehead atoms. The number of likely N-dealkylation sites (N-methyl/N-ethyl adjacent to an activating group) is 1. The number of carbonyl (C=O) groups is 1. The summed E-state index contributed by atoms with van der Waals surface area (Å²) in [6.07, 6.45) is 3.65. The standard InChI is InChI=1S/C10H15N3O2/c1-7-8(5-4-6-11-2)9(10(14)15)13(3)12-7/h4-5,11H,6H2,1-3H3,(H,14,15). The summed E-state index contributed by atoms with van der Waals surface area (Å²) in [6, 6.07) is 0. The van der Waals surface area contributed by atoms with Gasteiger partial charge in [-0.15, -0.1) is 0 Å². The van der Waals surface area contributed by atoms with Gasteiger partial charge >= 0.3 is 5.97 Å². The van der Waals surface area contributed by atoms with Crippen LogP contribution in [0.5, 0.6) is 0 Å². The fourth-order valence-electron chi connectivity index (χ4n) is 1.42. The van der Waals surface area contributed by atoms with Gasteiger partial charge in [0.2, 0.25) is 0 Å². The van der Waals surface area contributed by atoms with Crippen LogP contribution >= 0.6 is 0 Å². The van der Waals surface area contributed by atoms with E-state index in [0.29, 0.717) is 12.1 Å². The maximum Gasteiger partial charge on any atom is 0.354 e. The predicted molar refractivity (Wildman–Crippen MR) is 57.9 cm³/mol. The third-order valence-electron chi connectivity index (χ3n) is 2.08. The summed E-state index contributed by atoms with van der Waals surface area (Å²) in [7, 11) is 3.46. The van der Waals surface area contributed by atoms with Crippen molar-refractivity contribution in [1.82, 2.24) is 15.1 Å². The Bertz CT molecular complexity index is 394. The molecule has 1 rings (SSSR count). The van der Waals surface area contributed by atoms with Crippen molar-refractivity contribution in [3.63, 3.8) is 0 Å². The van der Waals surface area contributed by atoms with Crippen LogP contribution in [0.15, 0.2) is 6.08 Å². The zero-order valence-electron chi connectivity index (χ0n) is 9.11. The number of aromatic nitrogens is 2. The maximum absolute atomic E-state index is 11.0. The minimum atomic E-state index is -0.956. The summed E-state index contributed by atoms with van der Waals surface area (Å²) in [5, 5.41) is 16.0. The van der Waals surface area contributed by atoms with Gasteiger partial charge in [0.15, 0.2) is 5.69 Å². The first-order valence-electron chi connectivity index (χ1n) is 4.66. The van der Waals surface area contributed by atoms with Gasteiger partial charge in [0, 0.05) is 19.2 Å². The first-order valence-corrected chi connectivity index (χ1v) is 4.66. The highest BCUT2D eigenvalue weighted by molar-refractivity contribution is 5.90. The Labute approximate surface area is 88.4 Å². The Morgan fingerprint density at radius 2 is 2.33 bits per heavy atom. The van der Waals surface area contributed by atoms with Gasteiger partial charge in [-0.05, 0) is 14.0 Å². The number of nitrogens with one attached hydrogen (secondary N) is 1. The van der Waals surface area contributed by atoms with E-state index < -0.39 is 5.97 Å². The molecule has 0 aromatic carbocycles. The van der Waals surface area contributed by atoms with Crippen LogP contribution in [0.1, 0.15) is 21.7 Å². The summed E-state index contributed by atoms with van der Waals surface area (Å²) in [6.45, 7) is 2.50. The van der Waals surface area contributed by atoms with Gasteiger partial charge in [-0.1, -0.05) is 12.2 Å². The summed E-state index contributed by atoms with van der Waals surface area (Å²) in [5.41, 5.74) is 1.61. The largest absolute Gasteiger partial charge is 0.477 e. The molecule has 0 saturated carbocycles. The quantitative estimate of drug-likeness (QED) is 0.764. The molecule has 0 aliphatic rings. The Hall–Kier alpha value is -1.62. The van der Waals surface area contributed by atoms with Crippen LogP contribution in [0.4, 0.5) is 0 Å². The van der Waals surface area contributed by atoms with E-state index in [1.165, 1.54) is 4.68 Å². The molecule has 2 N–H and O–H groups in total. The Morgan fingerprint density at radius 3 is 2.87 bits per heavy atom. The molecule has 0 fully saturated rings. The van der Waals surface area contributed by atoms with E-state index in [2.05, 4.69) is 10.4 Å². The highest BCUT2D eigenvalue weighted by Gasteiger charge is 2.16. The zero-order chi connectivity index (χ0) is 11.4. The third kappa shape index (κ3) is 2.44. The number of rotatable bonds is 4. The van der Waals surface area contributed by atoms with E-state index in [1.807, 2.05) is 13.1 Å². The number of aryl methyl sites for hydroxylation is 2. The van der Waals surface area contributed by atoms with Crippen molar-refractivity contribution in [3.05, 3.63) is 23.0 Å². The molecule has 5 heteroatoms. The SMILES string of the molecule is CNCC=Cc1c(C)nn(C)c1C(=O)O. The molecule has 0 atom stereocenters. The second-order valence-corrected chi connectivity index (χ2v) is 3.24. The molecule has 0 saturated heterocycles. The molecule has 15 heavy (non-hydrogen) atoms. The minimum Gasteiger partial charge on any atom is -0.477 e. The maximum atomic E-state index is 11.0. The van der Waals surface area contributed by atoms with E-state index in [-0.39, 0.29) is 5.69 Å². The number of hydrogen-bond acceptors (Lipinski definition) is 3. The summed E-state index contributed by atoms with van der Waals surface area (Å²) < 4.78 is 1.39. The summed E-state index contributed by atoms with van der Waals surface area (Å²) in [5.74, 6) is -0.956. The van der Waals surface area contributed by atoms with Crippen LogP contribution in [0.2, 0.25) is 0 Å². The Kier molecular flexibility index (Phi) is 3.62. The molecule has 1 heterocycles. The second kappa shape index (κ2) is 4.75. The summed E-state index contributed by atoms with van der Waals surface area (Å²) in [4.78, 5) is 11.0. The van der Waals surface area contributed by atoms with E-state index in [9.17, 15) is 4.79 Å². The smallest absolute Gasteiger partial charge is 0.354 e. The van der Waals surface area contributed by atoms with E-state index >= 15 is 0 Å². The molecule has 0 radical (unpaired) electrons. The van der Waals surface area contributed by atoms with Crippen molar-refractivity contribution >= 4 is 12.0 Å². The molecule has 0 aliphatic carbocycles. The van der Waals surface area contributed by atoms with Crippen LogP contribution in [0, 0.1) is 6.92 Å². The predicted octanol–water partition coefficient (Wildman–Crippen LogP) is 0.659. The Balaban J connectivity index is 3.09. The first kappa shape index (κ1) is 11.5. The third-order valence-corrected chi connectivity index (χ3v) is 2.08. The van der Waals surface area contributed by atoms with Crippen molar-refractivity contribution in [2.45, 2.75) is 6.92 Å².